The number of hydrogen-bond donors (Lipinski definition) is 2. The molecule has 0 spiro atoms. The Morgan fingerprint density at radius 3 is 2.72 bits per heavy atom. The molecular formula is C19H21N5O. The minimum atomic E-state index is -0.257. The molecule has 0 aliphatic carbocycles. The summed E-state index contributed by atoms with van der Waals surface area (Å²) in [4.78, 5) is 24.8. The normalized spacial score (nSPS) is 10.6. The Kier molecular flexibility index (Phi) is 5.51. The van der Waals surface area contributed by atoms with Gasteiger partial charge in [0.05, 0.1) is 5.69 Å². The number of unbranched alkanes of at least 4 members (excludes halogenated alkanes) is 1. The minimum absolute atomic E-state index is 0.257. The van der Waals surface area contributed by atoms with Gasteiger partial charge >= 0.3 is 6.03 Å². The number of carbonyl (C=O) groups is 1. The molecule has 0 fully saturated rings. The molecule has 2 N–H and O–H groups in total. The van der Waals surface area contributed by atoms with Gasteiger partial charge in [-0.15, -0.1) is 0 Å². The van der Waals surface area contributed by atoms with Crippen molar-refractivity contribution in [1.82, 2.24) is 20.3 Å². The summed E-state index contributed by atoms with van der Waals surface area (Å²) in [5.41, 5.74) is 3.35. The van der Waals surface area contributed by atoms with E-state index in [9.17, 15) is 4.79 Å². The second-order valence-electron chi connectivity index (χ2n) is 5.87. The van der Waals surface area contributed by atoms with Crippen LogP contribution >= 0.6 is 0 Å². The van der Waals surface area contributed by atoms with E-state index in [1.807, 2.05) is 25.1 Å². The van der Waals surface area contributed by atoms with E-state index in [0.29, 0.717) is 23.5 Å². The zero-order valence-electron chi connectivity index (χ0n) is 14.2. The van der Waals surface area contributed by atoms with E-state index in [0.717, 1.165) is 25.0 Å². The number of benzene rings is 1. The van der Waals surface area contributed by atoms with Gasteiger partial charge in [-0.25, -0.2) is 14.8 Å². The number of anilines is 1. The predicted octanol–water partition coefficient (Wildman–Crippen LogP) is 3.48. The fourth-order valence-electron chi connectivity index (χ4n) is 2.51. The number of carbonyl (C=O) groups excluding carboxylic acids is 1. The summed E-state index contributed by atoms with van der Waals surface area (Å²) in [6, 6.07) is 13.6. The molecule has 2 aromatic heterocycles. The quantitative estimate of drug-likeness (QED) is 0.676. The highest BCUT2D eigenvalue weighted by atomic mass is 16.2. The maximum atomic E-state index is 12.0. The summed E-state index contributed by atoms with van der Waals surface area (Å²) in [7, 11) is 0. The van der Waals surface area contributed by atoms with Gasteiger partial charge in [0.25, 0.3) is 0 Å². The van der Waals surface area contributed by atoms with Gasteiger partial charge in [0.2, 0.25) is 0 Å². The lowest BCUT2D eigenvalue weighted by molar-refractivity contribution is 0.252. The topological polar surface area (TPSA) is 79.8 Å². The molecule has 0 saturated heterocycles. The van der Waals surface area contributed by atoms with E-state index < -0.39 is 0 Å². The van der Waals surface area contributed by atoms with Gasteiger partial charge in [-0.3, -0.25) is 10.3 Å². The molecule has 3 aromatic rings. The van der Waals surface area contributed by atoms with Crippen LogP contribution in [0.3, 0.4) is 0 Å². The van der Waals surface area contributed by atoms with Gasteiger partial charge in [0, 0.05) is 12.7 Å². The van der Waals surface area contributed by atoms with Crippen LogP contribution in [0, 0.1) is 6.92 Å². The van der Waals surface area contributed by atoms with Crippen molar-refractivity contribution in [1.29, 1.82) is 0 Å². The van der Waals surface area contributed by atoms with Crippen molar-refractivity contribution in [3.63, 3.8) is 0 Å². The summed E-state index contributed by atoms with van der Waals surface area (Å²) >= 11 is 0. The lowest BCUT2D eigenvalue weighted by atomic mass is 10.1. The summed E-state index contributed by atoms with van der Waals surface area (Å²) in [6.07, 6.45) is 4.68. The first-order valence-electron chi connectivity index (χ1n) is 8.40. The molecular weight excluding hydrogens is 314 g/mol. The van der Waals surface area contributed by atoms with Crippen LogP contribution in [0.15, 0.2) is 48.7 Å². The molecule has 6 heteroatoms. The molecule has 1 aromatic carbocycles. The second-order valence-corrected chi connectivity index (χ2v) is 5.87. The Bertz CT molecular complexity index is 851. The number of amides is 2. The third kappa shape index (κ3) is 4.97. The largest absolute Gasteiger partial charge is 0.338 e. The molecule has 128 valence electrons. The fourth-order valence-corrected chi connectivity index (χ4v) is 2.51. The monoisotopic (exact) mass is 335 g/mol. The van der Waals surface area contributed by atoms with Crippen LogP contribution in [0.5, 0.6) is 0 Å². The molecule has 6 nitrogen and oxygen atoms in total. The van der Waals surface area contributed by atoms with Crippen LogP contribution in [0.2, 0.25) is 0 Å². The number of aryl methyl sites for hydroxylation is 2. The van der Waals surface area contributed by atoms with Crippen molar-refractivity contribution in [3.8, 4) is 0 Å². The average Bonchev–Trinajstić information content (AvgIpc) is 2.62. The number of aromatic nitrogens is 3. The van der Waals surface area contributed by atoms with Crippen LogP contribution in [0.4, 0.5) is 10.6 Å². The fraction of sp³-hybridized carbons (Fsp3) is 0.263. The van der Waals surface area contributed by atoms with Crippen molar-refractivity contribution < 1.29 is 4.79 Å². The van der Waals surface area contributed by atoms with Crippen LogP contribution < -0.4 is 10.6 Å². The number of nitrogens with one attached hydrogen (secondary N) is 2. The number of pyridine rings is 1. The third-order valence-electron chi connectivity index (χ3n) is 3.79. The average molecular weight is 335 g/mol. The van der Waals surface area contributed by atoms with Gasteiger partial charge in [-0.1, -0.05) is 30.3 Å². The predicted molar refractivity (Wildman–Crippen MR) is 98.5 cm³/mol. The molecule has 0 aliphatic heterocycles. The highest BCUT2D eigenvalue weighted by molar-refractivity contribution is 5.89. The van der Waals surface area contributed by atoms with Crippen molar-refractivity contribution in [2.45, 2.75) is 26.2 Å². The molecule has 2 heterocycles. The Labute approximate surface area is 146 Å². The number of fused-ring (bicyclic) bond motifs is 1. The second kappa shape index (κ2) is 8.19. The number of rotatable bonds is 6. The minimum Gasteiger partial charge on any atom is -0.338 e. The van der Waals surface area contributed by atoms with Crippen LogP contribution in [0.25, 0.3) is 11.2 Å². The number of hydrogen-bond acceptors (Lipinski definition) is 4. The molecule has 2 amide bonds. The van der Waals surface area contributed by atoms with Crippen molar-refractivity contribution in [2.24, 2.45) is 0 Å². The highest BCUT2D eigenvalue weighted by Gasteiger charge is 2.05. The van der Waals surface area contributed by atoms with Crippen molar-refractivity contribution in [2.75, 3.05) is 11.9 Å². The molecule has 0 atom stereocenters. The van der Waals surface area contributed by atoms with Crippen LogP contribution in [-0.2, 0) is 6.42 Å². The Morgan fingerprint density at radius 1 is 1.04 bits per heavy atom. The smallest absolute Gasteiger partial charge is 0.320 e. The molecule has 0 radical (unpaired) electrons. The lowest BCUT2D eigenvalue weighted by Crippen LogP contribution is -2.29. The van der Waals surface area contributed by atoms with E-state index >= 15 is 0 Å². The summed E-state index contributed by atoms with van der Waals surface area (Å²) in [5, 5.41) is 5.58. The van der Waals surface area contributed by atoms with Gasteiger partial charge < -0.3 is 5.32 Å². The summed E-state index contributed by atoms with van der Waals surface area (Å²) in [6.45, 7) is 2.49. The van der Waals surface area contributed by atoms with E-state index in [1.165, 1.54) is 5.56 Å². The summed E-state index contributed by atoms with van der Waals surface area (Å²) < 4.78 is 0. The van der Waals surface area contributed by atoms with E-state index in [2.05, 4.69) is 37.7 Å². The van der Waals surface area contributed by atoms with E-state index in [4.69, 9.17) is 0 Å². The van der Waals surface area contributed by atoms with E-state index in [1.54, 1.807) is 18.3 Å². The van der Waals surface area contributed by atoms with Crippen molar-refractivity contribution in [3.05, 3.63) is 59.9 Å². The number of nitrogens with zero attached hydrogens (tertiary/aromatic N) is 3. The SMILES string of the molecule is Cc1cnc2ccc(NC(=O)NCCCCc3ccccc3)nc2n1. The van der Waals surface area contributed by atoms with Crippen LogP contribution in [0.1, 0.15) is 24.1 Å². The van der Waals surface area contributed by atoms with Crippen molar-refractivity contribution >= 4 is 23.0 Å². The first-order chi connectivity index (χ1) is 12.2. The Balaban J connectivity index is 1.43. The third-order valence-corrected chi connectivity index (χ3v) is 3.79. The standard InChI is InChI=1S/C19H21N5O/c1-14-13-21-16-10-11-17(23-18(16)22-14)24-19(25)20-12-6-5-9-15-7-3-2-4-8-15/h2-4,7-8,10-11,13H,5-6,9,12H2,1H3,(H2,20,22,23,24,25). The molecule has 0 bridgehead atoms. The first kappa shape index (κ1) is 16.8. The molecule has 25 heavy (non-hydrogen) atoms. The zero-order chi connectivity index (χ0) is 17.5. The maximum Gasteiger partial charge on any atom is 0.320 e. The van der Waals surface area contributed by atoms with E-state index in [-0.39, 0.29) is 6.03 Å². The highest BCUT2D eigenvalue weighted by Crippen LogP contribution is 2.11. The Hall–Kier alpha value is -3.02. The zero-order valence-corrected chi connectivity index (χ0v) is 14.2. The molecule has 0 saturated carbocycles. The van der Waals surface area contributed by atoms with Gasteiger partial charge in [0.15, 0.2) is 5.65 Å². The van der Waals surface area contributed by atoms with Gasteiger partial charge in [-0.05, 0) is 43.9 Å². The maximum absolute atomic E-state index is 12.0. The van der Waals surface area contributed by atoms with Gasteiger partial charge in [0.1, 0.15) is 11.3 Å². The molecule has 0 aliphatic rings. The van der Waals surface area contributed by atoms with Gasteiger partial charge in [-0.2, -0.15) is 0 Å². The first-order valence-corrected chi connectivity index (χ1v) is 8.40. The molecule has 0 unspecified atom stereocenters. The van der Waals surface area contributed by atoms with Crippen LogP contribution in [-0.4, -0.2) is 27.5 Å². The Morgan fingerprint density at radius 2 is 1.88 bits per heavy atom. The number of urea groups is 1. The molecule has 3 rings (SSSR count). The summed E-state index contributed by atoms with van der Waals surface area (Å²) in [5.74, 6) is 0.467. The lowest BCUT2D eigenvalue weighted by Gasteiger charge is -2.07.